The first-order valence-corrected chi connectivity index (χ1v) is 8.09. The van der Waals surface area contributed by atoms with Crippen LogP contribution in [0.3, 0.4) is 0 Å². The fourth-order valence-corrected chi connectivity index (χ4v) is 3.35. The van der Waals surface area contributed by atoms with Crippen molar-refractivity contribution in [3.63, 3.8) is 0 Å². The van der Waals surface area contributed by atoms with Crippen molar-refractivity contribution in [3.05, 3.63) is 54.2 Å². The summed E-state index contributed by atoms with van der Waals surface area (Å²) in [5, 5.41) is 9.64. The zero-order valence-corrected chi connectivity index (χ0v) is 13.0. The van der Waals surface area contributed by atoms with Crippen LogP contribution in [0, 0.1) is 6.92 Å². The molecule has 2 aromatic heterocycles. The summed E-state index contributed by atoms with van der Waals surface area (Å²) in [5.74, 6) is 2.72. The van der Waals surface area contributed by atoms with Crippen LogP contribution in [0.15, 0.2) is 53.8 Å². The number of rotatable bonds is 2. The lowest BCUT2D eigenvalue weighted by molar-refractivity contribution is 0.603. The van der Waals surface area contributed by atoms with Gasteiger partial charge in [0.2, 0.25) is 0 Å². The topological polar surface area (TPSA) is 46.8 Å². The number of hydrogen-bond acceptors (Lipinski definition) is 5. The van der Waals surface area contributed by atoms with Crippen molar-refractivity contribution in [2.24, 2.45) is 0 Å². The lowest BCUT2D eigenvalue weighted by atomic mass is 10.1. The van der Waals surface area contributed by atoms with Gasteiger partial charge in [-0.2, -0.15) is 0 Å². The molecule has 1 aromatic carbocycles. The molecule has 0 N–H and O–H groups in total. The Morgan fingerprint density at radius 1 is 1.05 bits per heavy atom. The second-order valence-corrected chi connectivity index (χ2v) is 6.15. The van der Waals surface area contributed by atoms with Gasteiger partial charge in [0.25, 0.3) is 0 Å². The lowest BCUT2D eigenvalue weighted by Crippen LogP contribution is -2.31. The van der Waals surface area contributed by atoms with Crippen molar-refractivity contribution in [1.29, 1.82) is 0 Å². The van der Waals surface area contributed by atoms with Crippen LogP contribution in [0.2, 0.25) is 0 Å². The number of aryl methyl sites for hydroxylation is 1. The van der Waals surface area contributed by atoms with Crippen molar-refractivity contribution in [2.45, 2.75) is 18.7 Å². The van der Waals surface area contributed by atoms with Crippen LogP contribution in [0.25, 0.3) is 11.4 Å². The highest BCUT2D eigenvalue weighted by molar-refractivity contribution is 7.99. The van der Waals surface area contributed by atoms with Crippen molar-refractivity contribution in [3.8, 4) is 11.4 Å². The average molecular weight is 309 g/mol. The summed E-state index contributed by atoms with van der Waals surface area (Å²) in [4.78, 5) is 6.65. The molecule has 0 radical (unpaired) electrons. The molecule has 0 amide bonds. The number of aromatic nitrogens is 4. The quantitative estimate of drug-likeness (QED) is 0.727. The molecule has 6 heteroatoms. The van der Waals surface area contributed by atoms with Gasteiger partial charge >= 0.3 is 0 Å². The number of fused-ring (bicyclic) bond motifs is 1. The molecule has 0 bridgehead atoms. The highest BCUT2D eigenvalue weighted by Crippen LogP contribution is 2.30. The maximum absolute atomic E-state index is 4.43. The average Bonchev–Trinajstić information content (AvgIpc) is 2.99. The first-order chi connectivity index (χ1) is 10.8. The third kappa shape index (κ3) is 2.35. The van der Waals surface area contributed by atoms with Gasteiger partial charge in [-0.3, -0.25) is 4.57 Å². The molecular weight excluding hydrogens is 294 g/mol. The number of benzene rings is 1. The molecule has 1 aliphatic heterocycles. The standard InChI is InChI=1S/C16H15N5S/c1-12-5-7-13(8-6-12)15-18-19-16-21(15)10-20(11-22-16)14-4-2-3-9-17-14/h2-9H,10-11H2,1H3. The molecule has 3 aromatic rings. The first-order valence-electron chi connectivity index (χ1n) is 7.10. The van der Waals surface area contributed by atoms with E-state index in [9.17, 15) is 0 Å². The molecule has 110 valence electrons. The highest BCUT2D eigenvalue weighted by Gasteiger charge is 2.23. The summed E-state index contributed by atoms with van der Waals surface area (Å²) < 4.78 is 2.15. The number of pyridine rings is 1. The summed E-state index contributed by atoms with van der Waals surface area (Å²) in [7, 11) is 0. The molecule has 4 rings (SSSR count). The first kappa shape index (κ1) is 13.3. The minimum Gasteiger partial charge on any atom is -0.329 e. The molecule has 0 spiro atoms. The third-order valence-corrected chi connectivity index (χ3v) is 4.66. The van der Waals surface area contributed by atoms with Crippen LogP contribution in [0.1, 0.15) is 5.56 Å². The van der Waals surface area contributed by atoms with E-state index >= 15 is 0 Å². The molecule has 0 fully saturated rings. The van der Waals surface area contributed by atoms with E-state index in [1.54, 1.807) is 11.8 Å². The molecule has 1 aliphatic rings. The van der Waals surface area contributed by atoms with Crippen LogP contribution >= 0.6 is 11.8 Å². The van der Waals surface area contributed by atoms with Crippen molar-refractivity contribution >= 4 is 17.6 Å². The van der Waals surface area contributed by atoms with Crippen LogP contribution in [-0.4, -0.2) is 25.6 Å². The summed E-state index contributed by atoms with van der Waals surface area (Å²) in [6.45, 7) is 2.80. The normalized spacial score (nSPS) is 14.0. The summed E-state index contributed by atoms with van der Waals surface area (Å²) in [6, 6.07) is 14.4. The molecule has 0 unspecified atom stereocenters. The van der Waals surface area contributed by atoms with Gasteiger partial charge in [-0.25, -0.2) is 4.98 Å². The number of hydrogen-bond donors (Lipinski definition) is 0. The zero-order chi connectivity index (χ0) is 14.9. The smallest absolute Gasteiger partial charge is 0.194 e. The fourth-order valence-electron chi connectivity index (χ4n) is 2.47. The molecule has 5 nitrogen and oxygen atoms in total. The minimum absolute atomic E-state index is 0.718. The monoisotopic (exact) mass is 309 g/mol. The predicted octanol–water partition coefficient (Wildman–Crippen LogP) is 3.18. The van der Waals surface area contributed by atoms with E-state index in [0.717, 1.165) is 34.9 Å². The lowest BCUT2D eigenvalue weighted by Gasteiger charge is -2.28. The van der Waals surface area contributed by atoms with E-state index in [-0.39, 0.29) is 0 Å². The predicted molar refractivity (Wildman–Crippen MR) is 87.6 cm³/mol. The van der Waals surface area contributed by atoms with Crippen molar-refractivity contribution < 1.29 is 0 Å². The van der Waals surface area contributed by atoms with Crippen molar-refractivity contribution in [1.82, 2.24) is 19.7 Å². The molecule has 0 atom stereocenters. The zero-order valence-electron chi connectivity index (χ0n) is 12.2. The molecule has 3 heterocycles. The van der Waals surface area contributed by atoms with E-state index in [0.29, 0.717) is 0 Å². The maximum atomic E-state index is 4.43. The number of nitrogens with zero attached hydrogens (tertiary/aromatic N) is 5. The Morgan fingerprint density at radius 3 is 2.68 bits per heavy atom. The Labute approximate surface area is 133 Å². The summed E-state index contributed by atoms with van der Waals surface area (Å²) >= 11 is 1.69. The van der Waals surface area contributed by atoms with E-state index in [2.05, 4.69) is 55.8 Å². The summed E-state index contributed by atoms with van der Waals surface area (Å²) in [6.07, 6.45) is 1.82. The minimum atomic E-state index is 0.718. The Morgan fingerprint density at radius 2 is 1.91 bits per heavy atom. The van der Waals surface area contributed by atoms with Crippen LogP contribution in [-0.2, 0) is 6.67 Å². The second-order valence-electron chi connectivity index (χ2n) is 5.24. The van der Waals surface area contributed by atoms with Crippen LogP contribution < -0.4 is 4.90 Å². The van der Waals surface area contributed by atoms with Gasteiger partial charge in [0.1, 0.15) is 12.5 Å². The van der Waals surface area contributed by atoms with E-state index in [4.69, 9.17) is 0 Å². The molecule has 22 heavy (non-hydrogen) atoms. The van der Waals surface area contributed by atoms with Gasteiger partial charge < -0.3 is 4.90 Å². The van der Waals surface area contributed by atoms with Crippen molar-refractivity contribution in [2.75, 3.05) is 10.8 Å². The third-order valence-electron chi connectivity index (χ3n) is 3.66. The highest BCUT2D eigenvalue weighted by atomic mass is 32.2. The van der Waals surface area contributed by atoms with E-state index < -0.39 is 0 Å². The Hall–Kier alpha value is -2.34. The van der Waals surface area contributed by atoms with Crippen LogP contribution in [0.5, 0.6) is 0 Å². The number of anilines is 1. The molecular formula is C16H15N5S. The van der Waals surface area contributed by atoms with Gasteiger partial charge in [0.15, 0.2) is 11.0 Å². The molecule has 0 aliphatic carbocycles. The van der Waals surface area contributed by atoms with Gasteiger partial charge in [0, 0.05) is 11.8 Å². The maximum Gasteiger partial charge on any atom is 0.194 e. The van der Waals surface area contributed by atoms with Gasteiger partial charge in [-0.1, -0.05) is 47.7 Å². The molecule has 0 saturated heterocycles. The Bertz CT molecular complexity index is 782. The largest absolute Gasteiger partial charge is 0.329 e. The fraction of sp³-hybridized carbons (Fsp3) is 0.188. The van der Waals surface area contributed by atoms with Gasteiger partial charge in [-0.05, 0) is 19.1 Å². The van der Waals surface area contributed by atoms with Gasteiger partial charge in [-0.15, -0.1) is 10.2 Å². The Balaban J connectivity index is 1.69. The van der Waals surface area contributed by atoms with Gasteiger partial charge in [0.05, 0.1) is 5.88 Å². The second kappa shape index (κ2) is 5.46. The Kier molecular flexibility index (Phi) is 3.31. The molecule has 0 saturated carbocycles. The van der Waals surface area contributed by atoms with Crippen LogP contribution in [0.4, 0.5) is 5.82 Å². The van der Waals surface area contributed by atoms with E-state index in [1.807, 2.05) is 24.4 Å². The summed E-state index contributed by atoms with van der Waals surface area (Å²) in [5.41, 5.74) is 2.33. The number of thioether (sulfide) groups is 1. The van der Waals surface area contributed by atoms with E-state index in [1.165, 1.54) is 5.56 Å². The SMILES string of the molecule is Cc1ccc(-c2nnc3n2CN(c2ccccn2)CS3)cc1.